The van der Waals surface area contributed by atoms with E-state index in [1.165, 1.54) is 28.4 Å². The van der Waals surface area contributed by atoms with Crippen LogP contribution >= 0.6 is 23.7 Å². The molecule has 0 spiro atoms. The molecule has 3 heterocycles. The van der Waals surface area contributed by atoms with Crippen molar-refractivity contribution in [3.05, 3.63) is 35.8 Å². The van der Waals surface area contributed by atoms with Gasteiger partial charge in [-0.2, -0.15) is 15.0 Å². The summed E-state index contributed by atoms with van der Waals surface area (Å²) in [4.78, 5) is 33.4. The maximum Gasteiger partial charge on any atom is 0.327 e. The average Bonchev–Trinajstić information content (AvgIpc) is 3.21. The molecule has 13 heteroatoms. The van der Waals surface area contributed by atoms with E-state index in [0.717, 1.165) is 6.07 Å². The van der Waals surface area contributed by atoms with Gasteiger partial charge >= 0.3 is 6.01 Å². The van der Waals surface area contributed by atoms with Crippen LogP contribution in [0.25, 0.3) is 10.7 Å². The number of anilines is 2. The van der Waals surface area contributed by atoms with Crippen molar-refractivity contribution in [2.45, 2.75) is 13.0 Å². The lowest BCUT2D eigenvalue weighted by Crippen LogP contribution is -2.44. The molecule has 1 atom stereocenters. The van der Waals surface area contributed by atoms with Crippen LogP contribution in [-0.4, -0.2) is 70.6 Å². The van der Waals surface area contributed by atoms with Crippen molar-refractivity contribution in [2.24, 2.45) is 0 Å². The van der Waals surface area contributed by atoms with Crippen molar-refractivity contribution >= 4 is 40.7 Å². The summed E-state index contributed by atoms with van der Waals surface area (Å²) in [6, 6.07) is 3.93. The minimum absolute atomic E-state index is 0. The van der Waals surface area contributed by atoms with Gasteiger partial charge in [0.2, 0.25) is 5.95 Å². The van der Waals surface area contributed by atoms with Crippen LogP contribution < -0.4 is 15.4 Å². The topological polar surface area (TPSA) is 120 Å². The summed E-state index contributed by atoms with van der Waals surface area (Å²) >= 11 is 1.22. The van der Waals surface area contributed by atoms with Crippen molar-refractivity contribution < 1.29 is 18.7 Å². The van der Waals surface area contributed by atoms with E-state index in [1.54, 1.807) is 20.3 Å². The summed E-state index contributed by atoms with van der Waals surface area (Å²) in [5, 5.41) is 0.372. The molecule has 1 aliphatic heterocycles. The number of hydrogen-bond acceptors (Lipinski definition) is 10. The summed E-state index contributed by atoms with van der Waals surface area (Å²) in [5.41, 5.74) is 5.97. The fraction of sp³-hybridized carbons (Fsp3) is 0.350. The Balaban J connectivity index is 0.00000306. The first-order chi connectivity index (χ1) is 15.3. The molecule has 2 aromatic heterocycles. The van der Waals surface area contributed by atoms with Gasteiger partial charge < -0.3 is 25.0 Å². The standard InChI is InChI=1S/C20H22FN7O3S.ClH/c1-11-10-30-7-6-28(11)19-24-16(15-9-23-18(22)32-15)25-20(26-19)31-14-5-4-12(8-13(14)21)17(29)27(2)3;/h4-5,8-9,11H,6-7,10H2,1-3H3,(H2,22,23);1H/t11-;/m0./s1. The zero-order chi connectivity index (χ0) is 22.8. The zero-order valence-electron chi connectivity index (χ0n) is 18.2. The summed E-state index contributed by atoms with van der Waals surface area (Å²) in [6.45, 7) is 3.64. The Bertz CT molecular complexity index is 1150. The van der Waals surface area contributed by atoms with E-state index in [-0.39, 0.29) is 41.7 Å². The van der Waals surface area contributed by atoms with Gasteiger partial charge in [-0.15, -0.1) is 12.4 Å². The maximum atomic E-state index is 14.7. The van der Waals surface area contributed by atoms with E-state index in [0.29, 0.717) is 41.5 Å². The van der Waals surface area contributed by atoms with Gasteiger partial charge in [0.1, 0.15) is 0 Å². The van der Waals surface area contributed by atoms with Crippen LogP contribution in [0.1, 0.15) is 17.3 Å². The zero-order valence-corrected chi connectivity index (χ0v) is 19.8. The maximum absolute atomic E-state index is 14.7. The predicted molar refractivity (Wildman–Crippen MR) is 125 cm³/mol. The highest BCUT2D eigenvalue weighted by molar-refractivity contribution is 7.18. The smallest absolute Gasteiger partial charge is 0.327 e. The number of aromatic nitrogens is 4. The molecule has 0 radical (unpaired) electrons. The van der Waals surface area contributed by atoms with Gasteiger partial charge in [0, 0.05) is 26.2 Å². The van der Waals surface area contributed by atoms with Gasteiger partial charge in [-0.05, 0) is 25.1 Å². The van der Waals surface area contributed by atoms with E-state index >= 15 is 0 Å². The number of ether oxygens (including phenoxy) is 2. The Morgan fingerprint density at radius 1 is 1.33 bits per heavy atom. The molecule has 0 unspecified atom stereocenters. The third kappa shape index (κ3) is 5.46. The summed E-state index contributed by atoms with van der Waals surface area (Å²) in [7, 11) is 3.19. The van der Waals surface area contributed by atoms with Gasteiger partial charge in [-0.25, -0.2) is 9.37 Å². The highest BCUT2D eigenvalue weighted by atomic mass is 35.5. The Hall–Kier alpha value is -3.09. The van der Waals surface area contributed by atoms with Gasteiger partial charge in [-0.3, -0.25) is 4.79 Å². The van der Waals surface area contributed by atoms with Crippen LogP contribution in [0.2, 0.25) is 0 Å². The molecule has 3 aromatic rings. The number of halogens is 2. The predicted octanol–water partition coefficient (Wildman–Crippen LogP) is 2.86. The number of nitrogens with two attached hydrogens (primary N) is 1. The van der Waals surface area contributed by atoms with E-state index in [1.807, 2.05) is 11.8 Å². The quantitative estimate of drug-likeness (QED) is 0.569. The first-order valence-electron chi connectivity index (χ1n) is 9.83. The van der Waals surface area contributed by atoms with Crippen molar-refractivity contribution in [3.63, 3.8) is 0 Å². The lowest BCUT2D eigenvalue weighted by atomic mass is 10.2. The number of nitrogen functional groups attached to an aromatic ring is 1. The number of hydrogen-bond donors (Lipinski definition) is 1. The van der Waals surface area contributed by atoms with E-state index in [4.69, 9.17) is 15.2 Å². The van der Waals surface area contributed by atoms with Gasteiger partial charge in [-0.1, -0.05) is 11.3 Å². The monoisotopic (exact) mass is 495 g/mol. The fourth-order valence-electron chi connectivity index (χ4n) is 3.12. The number of morpholine rings is 1. The lowest BCUT2D eigenvalue weighted by Gasteiger charge is -2.33. The minimum atomic E-state index is -0.706. The SMILES string of the molecule is C[C@H]1COCCN1c1nc(Oc2ccc(C(=O)N(C)C)cc2F)nc(-c2cnc(N)s2)n1.Cl. The van der Waals surface area contributed by atoms with E-state index < -0.39 is 5.82 Å². The number of amides is 1. The first-order valence-corrected chi connectivity index (χ1v) is 10.6. The van der Waals surface area contributed by atoms with Crippen LogP contribution in [0, 0.1) is 5.82 Å². The molecule has 176 valence electrons. The largest absolute Gasteiger partial charge is 0.421 e. The molecule has 1 saturated heterocycles. The van der Waals surface area contributed by atoms with Gasteiger partial charge in [0.25, 0.3) is 5.91 Å². The van der Waals surface area contributed by atoms with Crippen molar-refractivity contribution in [2.75, 3.05) is 44.5 Å². The lowest BCUT2D eigenvalue weighted by molar-refractivity contribution is 0.0827. The Labute approximate surface area is 200 Å². The second kappa shape index (κ2) is 10.2. The summed E-state index contributed by atoms with van der Waals surface area (Å²) in [5.74, 6) is -0.431. The molecular weight excluding hydrogens is 473 g/mol. The molecule has 33 heavy (non-hydrogen) atoms. The number of rotatable bonds is 5. The van der Waals surface area contributed by atoms with Crippen LogP contribution in [0.4, 0.5) is 15.5 Å². The Morgan fingerprint density at radius 2 is 2.12 bits per heavy atom. The van der Waals surface area contributed by atoms with E-state index in [2.05, 4.69) is 19.9 Å². The summed E-state index contributed by atoms with van der Waals surface area (Å²) in [6.07, 6.45) is 1.56. The van der Waals surface area contributed by atoms with E-state index in [9.17, 15) is 9.18 Å². The second-order valence-electron chi connectivity index (χ2n) is 7.37. The normalized spacial score (nSPS) is 15.6. The van der Waals surface area contributed by atoms with Crippen molar-refractivity contribution in [1.29, 1.82) is 0 Å². The Morgan fingerprint density at radius 3 is 2.76 bits per heavy atom. The average molecular weight is 496 g/mol. The fourth-order valence-corrected chi connectivity index (χ4v) is 3.74. The van der Waals surface area contributed by atoms with Crippen molar-refractivity contribution in [1.82, 2.24) is 24.8 Å². The molecule has 1 aliphatic rings. The van der Waals surface area contributed by atoms with Crippen LogP contribution in [0.5, 0.6) is 11.8 Å². The third-order valence-electron chi connectivity index (χ3n) is 4.76. The molecule has 0 bridgehead atoms. The molecule has 1 aromatic carbocycles. The molecule has 1 fully saturated rings. The third-order valence-corrected chi connectivity index (χ3v) is 5.58. The highest BCUT2D eigenvalue weighted by Crippen LogP contribution is 2.30. The number of benzene rings is 1. The molecule has 0 saturated carbocycles. The van der Waals surface area contributed by atoms with Crippen LogP contribution in [-0.2, 0) is 4.74 Å². The number of carbonyl (C=O) groups excluding carboxylic acids is 1. The minimum Gasteiger partial charge on any atom is -0.421 e. The number of nitrogens with zero attached hydrogens (tertiary/aromatic N) is 6. The molecular formula is C20H23ClFN7O3S. The van der Waals surface area contributed by atoms with Crippen LogP contribution in [0.3, 0.4) is 0 Å². The van der Waals surface area contributed by atoms with Crippen molar-refractivity contribution in [3.8, 4) is 22.5 Å². The highest BCUT2D eigenvalue weighted by Gasteiger charge is 2.24. The second-order valence-corrected chi connectivity index (χ2v) is 8.43. The summed E-state index contributed by atoms with van der Waals surface area (Å²) < 4.78 is 25.8. The van der Waals surface area contributed by atoms with Gasteiger partial charge in [0.05, 0.1) is 30.3 Å². The van der Waals surface area contributed by atoms with Gasteiger partial charge in [0.15, 0.2) is 22.5 Å². The molecule has 1 amide bonds. The van der Waals surface area contributed by atoms with Crippen LogP contribution in [0.15, 0.2) is 24.4 Å². The number of carbonyl (C=O) groups is 1. The number of thiazole rings is 1. The molecule has 2 N–H and O–H groups in total. The first kappa shape index (κ1) is 24.6. The Kier molecular flexibility index (Phi) is 7.61. The molecule has 4 rings (SSSR count). The molecule has 0 aliphatic carbocycles. The molecule has 10 nitrogen and oxygen atoms in total.